The van der Waals surface area contributed by atoms with E-state index in [1.165, 1.54) is 18.4 Å². The highest BCUT2D eigenvalue weighted by Gasteiger charge is 2.32. The molecule has 0 bridgehead atoms. The third-order valence-corrected chi connectivity index (χ3v) is 6.54. The zero-order chi connectivity index (χ0) is 22.9. The van der Waals surface area contributed by atoms with Gasteiger partial charge in [0.05, 0.1) is 40.8 Å². The number of thiazole rings is 1. The number of allylic oxidation sites excluding steroid dienone is 1. The van der Waals surface area contributed by atoms with Gasteiger partial charge in [-0.05, 0) is 18.6 Å². The lowest BCUT2D eigenvalue weighted by Crippen LogP contribution is -2.39. The number of hydrogen-bond acceptors (Lipinski definition) is 6. The van der Waals surface area contributed by atoms with Gasteiger partial charge in [0, 0.05) is 11.1 Å². The molecule has 0 amide bonds. The van der Waals surface area contributed by atoms with E-state index in [-0.39, 0.29) is 5.56 Å². The average Bonchev–Trinajstić information content (AvgIpc) is 3.43. The van der Waals surface area contributed by atoms with E-state index in [0.717, 1.165) is 22.4 Å². The number of methoxy groups -OCH3 is 1. The number of ether oxygens (including phenoxy) is 1. The summed E-state index contributed by atoms with van der Waals surface area (Å²) in [5.41, 5.74) is 4.08. The minimum Gasteiger partial charge on any atom is -0.466 e. The Kier molecular flexibility index (Phi) is 5.35. The Morgan fingerprint density at radius 2 is 1.82 bits per heavy atom. The van der Waals surface area contributed by atoms with E-state index in [9.17, 15) is 9.59 Å². The molecule has 8 heteroatoms. The molecule has 33 heavy (non-hydrogen) atoms. The molecule has 164 valence electrons. The van der Waals surface area contributed by atoms with Crippen molar-refractivity contribution in [3.63, 3.8) is 0 Å². The van der Waals surface area contributed by atoms with Crippen LogP contribution in [-0.4, -0.2) is 27.8 Å². The fourth-order valence-corrected chi connectivity index (χ4v) is 5.06. The number of carbonyl (C=O) groups excluding carboxylic acids is 1. The number of carbonyl (C=O) groups is 1. The number of aromatic nitrogens is 3. The molecular weight excluding hydrogens is 436 g/mol. The first-order chi connectivity index (χ1) is 16.1. The van der Waals surface area contributed by atoms with Gasteiger partial charge in [-0.2, -0.15) is 5.10 Å². The molecule has 0 saturated carbocycles. The van der Waals surface area contributed by atoms with Crippen molar-refractivity contribution < 1.29 is 9.53 Å². The van der Waals surface area contributed by atoms with Gasteiger partial charge in [0.1, 0.15) is 0 Å². The first-order valence-electron chi connectivity index (χ1n) is 10.3. The van der Waals surface area contributed by atoms with Gasteiger partial charge in [-0.3, -0.25) is 14.5 Å². The Balaban J connectivity index is 1.72. The van der Waals surface area contributed by atoms with E-state index in [0.29, 0.717) is 20.6 Å². The number of nitrogens with zero attached hydrogens (tertiary/aromatic N) is 3. The van der Waals surface area contributed by atoms with Crippen molar-refractivity contribution >= 4 is 23.4 Å². The average molecular weight is 457 g/mol. The van der Waals surface area contributed by atoms with Gasteiger partial charge in [-0.25, -0.2) is 9.79 Å². The summed E-state index contributed by atoms with van der Waals surface area (Å²) >= 11 is 1.29. The van der Waals surface area contributed by atoms with Gasteiger partial charge in [0.25, 0.3) is 5.56 Å². The van der Waals surface area contributed by atoms with Crippen LogP contribution in [0.2, 0.25) is 0 Å². The first-order valence-corrected chi connectivity index (χ1v) is 11.1. The molecule has 0 saturated heterocycles. The van der Waals surface area contributed by atoms with E-state index >= 15 is 0 Å². The Morgan fingerprint density at radius 1 is 1.12 bits per heavy atom. The molecule has 4 aromatic rings. The number of nitrogens with one attached hydrogen (secondary N) is 1. The van der Waals surface area contributed by atoms with Gasteiger partial charge < -0.3 is 4.74 Å². The Hall–Kier alpha value is -4.04. The summed E-state index contributed by atoms with van der Waals surface area (Å²) in [6.07, 6.45) is 3.51. The number of rotatable bonds is 4. The minimum absolute atomic E-state index is 0.221. The number of benzene rings is 2. The van der Waals surface area contributed by atoms with Crippen molar-refractivity contribution in [2.45, 2.75) is 13.0 Å². The number of fused-ring (bicyclic) bond motifs is 1. The van der Waals surface area contributed by atoms with Crippen LogP contribution in [0, 0.1) is 0 Å². The van der Waals surface area contributed by atoms with E-state index in [1.54, 1.807) is 17.7 Å². The van der Waals surface area contributed by atoms with Crippen LogP contribution < -0.4 is 14.9 Å². The van der Waals surface area contributed by atoms with E-state index in [4.69, 9.17) is 4.74 Å². The van der Waals surface area contributed by atoms with Crippen molar-refractivity contribution in [1.29, 1.82) is 0 Å². The predicted octanol–water partition coefficient (Wildman–Crippen LogP) is 2.80. The lowest BCUT2D eigenvalue weighted by atomic mass is 9.96. The summed E-state index contributed by atoms with van der Waals surface area (Å²) in [7, 11) is 1.33. The van der Waals surface area contributed by atoms with E-state index in [1.807, 2.05) is 66.7 Å². The van der Waals surface area contributed by atoms with Gasteiger partial charge >= 0.3 is 5.97 Å². The maximum atomic E-state index is 13.6. The quantitative estimate of drug-likeness (QED) is 0.478. The summed E-state index contributed by atoms with van der Waals surface area (Å²) in [5, 5.41) is 7.19. The monoisotopic (exact) mass is 456 g/mol. The van der Waals surface area contributed by atoms with Gasteiger partial charge in [0.2, 0.25) is 0 Å². The number of H-pyrrole nitrogens is 1. The predicted molar refractivity (Wildman–Crippen MR) is 126 cm³/mol. The summed E-state index contributed by atoms with van der Waals surface area (Å²) in [6, 6.07) is 18.6. The zero-order valence-electron chi connectivity index (χ0n) is 18.0. The molecule has 0 spiro atoms. The Morgan fingerprint density at radius 3 is 2.52 bits per heavy atom. The molecule has 2 aromatic heterocycles. The fourth-order valence-electron chi connectivity index (χ4n) is 4.03. The smallest absolute Gasteiger partial charge is 0.338 e. The molecule has 5 rings (SSSR count). The fraction of sp³-hybridized carbons (Fsp3) is 0.120. The third-order valence-electron chi connectivity index (χ3n) is 5.56. The second-order valence-electron chi connectivity index (χ2n) is 7.55. The van der Waals surface area contributed by atoms with Crippen molar-refractivity contribution in [2.75, 3.05) is 7.11 Å². The minimum atomic E-state index is -0.616. The van der Waals surface area contributed by atoms with Crippen molar-refractivity contribution in [3.8, 4) is 11.3 Å². The van der Waals surface area contributed by atoms with E-state index < -0.39 is 12.0 Å². The summed E-state index contributed by atoms with van der Waals surface area (Å²) in [6.45, 7) is 1.77. The van der Waals surface area contributed by atoms with Gasteiger partial charge in [-0.15, -0.1) is 0 Å². The molecule has 1 aliphatic heterocycles. The Labute approximate surface area is 193 Å². The van der Waals surface area contributed by atoms with Crippen LogP contribution in [0.3, 0.4) is 0 Å². The SMILES string of the molecule is COC(=O)C1=C(C)N=c2sc(=Cc3cn[nH]c3-c3ccccc3)c(=O)n2C1c1ccccc1. The zero-order valence-corrected chi connectivity index (χ0v) is 18.8. The molecule has 7 nitrogen and oxygen atoms in total. The second kappa shape index (κ2) is 8.48. The van der Waals surface area contributed by atoms with Crippen LogP contribution in [0.25, 0.3) is 17.3 Å². The molecule has 2 aromatic carbocycles. The van der Waals surface area contributed by atoms with Gasteiger partial charge in [0.15, 0.2) is 4.80 Å². The van der Waals surface area contributed by atoms with Crippen LogP contribution in [0.1, 0.15) is 24.1 Å². The molecule has 1 unspecified atom stereocenters. The molecule has 0 radical (unpaired) electrons. The van der Waals surface area contributed by atoms with E-state index in [2.05, 4.69) is 15.2 Å². The Bertz CT molecular complexity index is 1550. The molecule has 1 aliphatic rings. The highest BCUT2D eigenvalue weighted by molar-refractivity contribution is 7.07. The van der Waals surface area contributed by atoms with Crippen LogP contribution in [0.15, 0.2) is 87.9 Å². The molecule has 1 N–H and O–H groups in total. The molecular formula is C25H20N4O3S. The largest absolute Gasteiger partial charge is 0.466 e. The highest BCUT2D eigenvalue weighted by atomic mass is 32.1. The van der Waals surface area contributed by atoms with Crippen LogP contribution >= 0.6 is 11.3 Å². The molecule has 1 atom stereocenters. The lowest BCUT2D eigenvalue weighted by Gasteiger charge is -2.24. The molecule has 0 fully saturated rings. The standard InChI is InChI=1S/C25H20N4O3S/c1-15-20(24(31)32-2)22(17-11-7-4-8-12-17)29-23(30)19(33-25(29)27-15)13-18-14-26-28-21(18)16-9-5-3-6-10-16/h3-14,22H,1-2H3,(H,26,28). The molecule has 3 heterocycles. The van der Waals surface area contributed by atoms with Crippen LogP contribution in [-0.2, 0) is 9.53 Å². The normalized spacial score (nSPS) is 15.8. The van der Waals surface area contributed by atoms with Crippen molar-refractivity contribution in [2.24, 2.45) is 4.99 Å². The van der Waals surface area contributed by atoms with Gasteiger partial charge in [-0.1, -0.05) is 72.0 Å². The summed E-state index contributed by atoms with van der Waals surface area (Å²) < 4.78 is 7.12. The van der Waals surface area contributed by atoms with Crippen molar-refractivity contribution in [1.82, 2.24) is 14.8 Å². The number of hydrogen-bond donors (Lipinski definition) is 1. The summed E-state index contributed by atoms with van der Waals surface area (Å²) in [4.78, 5) is 31.4. The third kappa shape index (κ3) is 3.64. The lowest BCUT2D eigenvalue weighted by molar-refractivity contribution is -0.136. The molecule has 0 aliphatic carbocycles. The topological polar surface area (TPSA) is 89.3 Å². The summed E-state index contributed by atoms with van der Waals surface area (Å²) in [5.74, 6) is -0.499. The number of esters is 1. The maximum Gasteiger partial charge on any atom is 0.338 e. The maximum absolute atomic E-state index is 13.6. The number of aromatic amines is 1. The van der Waals surface area contributed by atoms with Crippen LogP contribution in [0.5, 0.6) is 0 Å². The first kappa shape index (κ1) is 20.8. The van der Waals surface area contributed by atoms with Crippen molar-refractivity contribution in [3.05, 3.63) is 109 Å². The van der Waals surface area contributed by atoms with Crippen LogP contribution in [0.4, 0.5) is 0 Å². The highest BCUT2D eigenvalue weighted by Crippen LogP contribution is 2.30. The second-order valence-corrected chi connectivity index (χ2v) is 8.56.